The molecule has 0 bridgehead atoms. The van der Waals surface area contributed by atoms with Crippen LogP contribution in [0.3, 0.4) is 0 Å². The summed E-state index contributed by atoms with van der Waals surface area (Å²) in [6, 6.07) is 12.4. The number of aromatic nitrogens is 3. The van der Waals surface area contributed by atoms with Gasteiger partial charge < -0.3 is 51.0 Å². The molecule has 1 aromatic heterocycles. The Morgan fingerprint density at radius 3 is 1.71 bits per heavy atom. The Hall–Kier alpha value is -7.29. The second-order valence-electron chi connectivity index (χ2n) is 11.8. The molecule has 0 aliphatic heterocycles. The molecule has 4 rings (SSSR count). The fourth-order valence-corrected chi connectivity index (χ4v) is 4.96. The second kappa shape index (κ2) is 19.7. The quantitative estimate of drug-likeness (QED) is 0.0449. The van der Waals surface area contributed by atoms with Crippen molar-refractivity contribution in [3.8, 4) is 11.5 Å². The number of azo groups is 2. The number of carbonyl (C=O) groups is 4. The number of nitrogens with one attached hydrogen (secondary N) is 3. The molecule has 0 aliphatic carbocycles. The number of aliphatic hydroxyl groups is 1. The van der Waals surface area contributed by atoms with Crippen LogP contribution in [0.4, 0.5) is 46.3 Å². The largest absolute Gasteiger partial charge is 0.494 e. The zero-order valence-corrected chi connectivity index (χ0v) is 30.2. The third-order valence-corrected chi connectivity index (χ3v) is 7.64. The van der Waals surface area contributed by atoms with Crippen LogP contribution in [0, 0.1) is 5.92 Å². The minimum atomic E-state index is -1.32. The van der Waals surface area contributed by atoms with Crippen molar-refractivity contribution in [3.63, 3.8) is 0 Å². The highest BCUT2D eigenvalue weighted by molar-refractivity contribution is 5.95. The van der Waals surface area contributed by atoms with Gasteiger partial charge in [-0.25, -0.2) is 9.59 Å². The Balaban J connectivity index is 1.54. The van der Waals surface area contributed by atoms with E-state index in [2.05, 4.69) is 51.4 Å². The predicted molar refractivity (Wildman–Crippen MR) is 199 cm³/mol. The molecule has 3 aromatic carbocycles. The van der Waals surface area contributed by atoms with Crippen LogP contribution in [0.5, 0.6) is 11.5 Å². The number of ether oxygens (including phenoxy) is 2. The van der Waals surface area contributed by atoms with Crippen LogP contribution in [-0.2, 0) is 9.59 Å². The van der Waals surface area contributed by atoms with E-state index in [0.29, 0.717) is 22.8 Å². The molecule has 8 N–H and O–H groups in total. The van der Waals surface area contributed by atoms with Crippen molar-refractivity contribution in [2.45, 2.75) is 32.2 Å². The third-order valence-electron chi connectivity index (χ3n) is 7.64. The number of hydrogen-bond acceptors (Lipinski definition) is 17. The van der Waals surface area contributed by atoms with Crippen molar-refractivity contribution < 1.29 is 54.2 Å². The van der Waals surface area contributed by atoms with Crippen molar-refractivity contribution in [1.82, 2.24) is 15.0 Å². The lowest BCUT2D eigenvalue weighted by Crippen LogP contribution is -2.19. The average molecular weight is 775 g/mol. The number of anilines is 5. The lowest BCUT2D eigenvalue weighted by Gasteiger charge is -2.15. The van der Waals surface area contributed by atoms with Gasteiger partial charge in [0.1, 0.15) is 11.5 Å². The molecule has 1 heterocycles. The highest BCUT2D eigenvalue weighted by atomic mass is 16.5. The van der Waals surface area contributed by atoms with Gasteiger partial charge in [0.05, 0.1) is 72.4 Å². The summed E-state index contributed by atoms with van der Waals surface area (Å²) in [5, 5.41) is 71.9. The van der Waals surface area contributed by atoms with Crippen LogP contribution in [-0.4, -0.2) is 97.8 Å². The average Bonchev–Trinajstić information content (AvgIpc) is 3.17. The van der Waals surface area contributed by atoms with Gasteiger partial charge in [-0.3, -0.25) is 9.59 Å². The molecule has 2 unspecified atom stereocenters. The minimum Gasteiger partial charge on any atom is -0.494 e. The molecule has 21 nitrogen and oxygen atoms in total. The normalized spacial score (nSPS) is 12.2. The van der Waals surface area contributed by atoms with Crippen LogP contribution in [0.25, 0.3) is 0 Å². The molecular formula is C35H38N10O11. The molecule has 294 valence electrons. The van der Waals surface area contributed by atoms with Crippen molar-refractivity contribution in [2.24, 2.45) is 26.4 Å². The Morgan fingerprint density at radius 1 is 0.714 bits per heavy atom. The van der Waals surface area contributed by atoms with E-state index in [9.17, 15) is 39.6 Å². The van der Waals surface area contributed by atoms with Crippen LogP contribution in [0.2, 0.25) is 0 Å². The number of methoxy groups -OCH3 is 2. The molecule has 0 radical (unpaired) electrons. The van der Waals surface area contributed by atoms with Crippen molar-refractivity contribution >= 4 is 70.2 Å². The standard InChI is InChI=1S/C35H38N10O11/c1-18(12-19(30(49)50)4-9-29(47)48)42-43-22-5-7-25(27(16-22)55-2)37-34-39-33(36-10-11-46)40-35(41-34)38-26-8-6-23(17-28(26)56-3)44-45-24-14-20(31(51)52)13-21(15-24)32(53)54/h5-8,13-19,46H,4,9-12H2,1-3H3,(H,47,48)(H,49,50)(H,51,52)(H,53,54)(H3,36,37,38,39,40,41). The fraction of sp³-hybridized carbons (Fsp3) is 0.286. The van der Waals surface area contributed by atoms with Crippen LogP contribution < -0.4 is 25.4 Å². The highest BCUT2D eigenvalue weighted by Crippen LogP contribution is 2.34. The highest BCUT2D eigenvalue weighted by Gasteiger charge is 2.22. The number of aliphatic hydroxyl groups excluding tert-OH is 1. The Morgan fingerprint density at radius 2 is 1.23 bits per heavy atom. The van der Waals surface area contributed by atoms with Crippen LogP contribution >= 0.6 is 0 Å². The zero-order valence-electron chi connectivity index (χ0n) is 30.2. The molecule has 0 amide bonds. The van der Waals surface area contributed by atoms with Gasteiger partial charge in [-0.1, -0.05) is 0 Å². The lowest BCUT2D eigenvalue weighted by atomic mass is 9.96. The lowest BCUT2D eigenvalue weighted by molar-refractivity contribution is -0.143. The van der Waals surface area contributed by atoms with E-state index < -0.39 is 35.8 Å². The monoisotopic (exact) mass is 774 g/mol. The van der Waals surface area contributed by atoms with Gasteiger partial charge in [-0.15, -0.1) is 0 Å². The second-order valence-corrected chi connectivity index (χ2v) is 11.8. The maximum absolute atomic E-state index is 11.6. The van der Waals surface area contributed by atoms with Crippen molar-refractivity contribution in [2.75, 3.05) is 43.3 Å². The van der Waals surface area contributed by atoms with E-state index in [1.54, 1.807) is 37.3 Å². The molecule has 2 atom stereocenters. The molecule has 0 saturated heterocycles. The van der Waals surface area contributed by atoms with E-state index >= 15 is 0 Å². The number of aliphatic carboxylic acids is 2. The minimum absolute atomic E-state index is 0.0132. The summed E-state index contributed by atoms with van der Waals surface area (Å²) in [7, 11) is 2.85. The summed E-state index contributed by atoms with van der Waals surface area (Å²) in [6.45, 7) is 1.60. The molecular weight excluding hydrogens is 736 g/mol. The number of carboxylic acids is 4. The molecule has 56 heavy (non-hydrogen) atoms. The smallest absolute Gasteiger partial charge is 0.335 e. The van der Waals surface area contributed by atoms with Gasteiger partial charge in [0.25, 0.3) is 0 Å². The molecule has 21 heteroatoms. The van der Waals surface area contributed by atoms with Crippen LogP contribution in [0.1, 0.15) is 46.9 Å². The topological polar surface area (TPSA) is 312 Å². The first kappa shape index (κ1) is 41.5. The van der Waals surface area contributed by atoms with Crippen molar-refractivity contribution in [3.05, 3.63) is 65.7 Å². The number of rotatable bonds is 21. The maximum Gasteiger partial charge on any atom is 0.335 e. The van der Waals surface area contributed by atoms with E-state index in [1.807, 2.05) is 0 Å². The SMILES string of the molecule is COc1cc(N=Nc2cc(C(=O)O)cc(C(=O)O)c2)ccc1Nc1nc(NCCO)nc(Nc2ccc(N=NC(C)CC(CCC(=O)O)C(=O)O)cc2OC)n1. The molecule has 0 fully saturated rings. The Kier molecular flexibility index (Phi) is 14.6. The molecule has 0 spiro atoms. The van der Waals surface area contributed by atoms with Gasteiger partial charge in [0, 0.05) is 25.1 Å². The van der Waals surface area contributed by atoms with Gasteiger partial charge in [-0.2, -0.15) is 35.4 Å². The fourth-order valence-electron chi connectivity index (χ4n) is 4.96. The maximum atomic E-state index is 11.6. The molecule has 0 aliphatic rings. The van der Waals surface area contributed by atoms with E-state index in [0.717, 1.165) is 6.07 Å². The number of carboxylic acid groups (broad SMARTS) is 4. The zero-order chi connectivity index (χ0) is 40.8. The summed E-state index contributed by atoms with van der Waals surface area (Å²) in [5.41, 5.74) is 1.00. The van der Waals surface area contributed by atoms with Gasteiger partial charge in [0.15, 0.2) is 0 Å². The first-order valence-electron chi connectivity index (χ1n) is 16.7. The predicted octanol–water partition coefficient (Wildman–Crippen LogP) is 6.02. The van der Waals surface area contributed by atoms with E-state index in [1.165, 1.54) is 32.4 Å². The van der Waals surface area contributed by atoms with Crippen molar-refractivity contribution in [1.29, 1.82) is 0 Å². The first-order chi connectivity index (χ1) is 26.8. The summed E-state index contributed by atoms with van der Waals surface area (Å²) >= 11 is 0. The number of nitrogens with zero attached hydrogens (tertiary/aromatic N) is 7. The molecule has 0 saturated carbocycles. The van der Waals surface area contributed by atoms with Gasteiger partial charge in [-0.05, 0) is 62.2 Å². The van der Waals surface area contributed by atoms with Gasteiger partial charge in [0.2, 0.25) is 17.8 Å². The number of hydrogen-bond donors (Lipinski definition) is 8. The van der Waals surface area contributed by atoms with Gasteiger partial charge >= 0.3 is 23.9 Å². The first-order valence-corrected chi connectivity index (χ1v) is 16.7. The number of aromatic carboxylic acids is 2. The Bertz CT molecular complexity index is 2100. The van der Waals surface area contributed by atoms with E-state index in [-0.39, 0.29) is 78.5 Å². The third kappa shape index (κ3) is 12.1. The Labute approximate surface area is 318 Å². The summed E-state index contributed by atoms with van der Waals surface area (Å²) in [5.74, 6) is -4.86. The summed E-state index contributed by atoms with van der Waals surface area (Å²) in [4.78, 5) is 58.5. The van der Waals surface area contributed by atoms with Crippen LogP contribution in [0.15, 0.2) is 75.1 Å². The molecule has 4 aromatic rings. The summed E-state index contributed by atoms with van der Waals surface area (Å²) < 4.78 is 11.1. The van der Waals surface area contributed by atoms with E-state index in [4.69, 9.17) is 14.6 Å². The number of benzene rings is 3. The summed E-state index contributed by atoms with van der Waals surface area (Å²) in [6.07, 6.45) is -0.186.